The number of hydrogen-bond acceptors (Lipinski definition) is 2. The Morgan fingerprint density at radius 2 is 2.00 bits per heavy atom. The summed E-state index contributed by atoms with van der Waals surface area (Å²) < 4.78 is 1.16. The van der Waals surface area contributed by atoms with Crippen LogP contribution in [0.1, 0.15) is 49.8 Å². The third kappa shape index (κ3) is 4.38. The molecule has 0 aliphatic heterocycles. The maximum absolute atomic E-state index is 10.2. The number of hydrogen-bond donors (Lipinski definition) is 1. The second kappa shape index (κ2) is 6.91. The lowest BCUT2D eigenvalue weighted by Gasteiger charge is -2.18. The normalized spacial score (nSPS) is 20.1. The van der Waals surface area contributed by atoms with E-state index < -0.39 is 0 Å². The van der Waals surface area contributed by atoms with Gasteiger partial charge in [-0.2, -0.15) is 0 Å². The van der Waals surface area contributed by atoms with E-state index in [1.165, 1.54) is 43.4 Å². The molecule has 1 N–H and O–H groups in total. The zero-order chi connectivity index (χ0) is 12.1. The first kappa shape index (κ1) is 13.6. The van der Waals surface area contributed by atoms with Crippen LogP contribution in [0.4, 0.5) is 0 Å². The van der Waals surface area contributed by atoms with Crippen LogP contribution in [0, 0.1) is 5.92 Å². The maximum atomic E-state index is 10.2. The van der Waals surface area contributed by atoms with Crippen LogP contribution >= 0.6 is 27.3 Å². The molecule has 1 nitrogen and oxygen atoms in total. The Balaban J connectivity index is 1.80. The van der Waals surface area contributed by atoms with Crippen molar-refractivity contribution in [3.05, 3.63) is 20.8 Å². The van der Waals surface area contributed by atoms with Crippen molar-refractivity contribution >= 4 is 27.3 Å². The quantitative estimate of drug-likeness (QED) is 0.793. The van der Waals surface area contributed by atoms with Gasteiger partial charge in [-0.15, -0.1) is 11.3 Å². The van der Waals surface area contributed by atoms with E-state index in [0.29, 0.717) is 0 Å². The van der Waals surface area contributed by atoms with Crippen molar-refractivity contribution in [3.8, 4) is 0 Å². The average molecular weight is 317 g/mol. The van der Waals surface area contributed by atoms with E-state index in [9.17, 15) is 5.11 Å². The largest absolute Gasteiger partial charge is 0.393 e. The molecule has 1 aromatic heterocycles. The number of aliphatic hydroxyl groups is 1. The van der Waals surface area contributed by atoms with Crippen molar-refractivity contribution in [1.82, 2.24) is 0 Å². The summed E-state index contributed by atoms with van der Waals surface area (Å²) in [7, 11) is 0. The fraction of sp³-hybridized carbons (Fsp3) is 0.714. The molecule has 1 aliphatic rings. The van der Waals surface area contributed by atoms with Gasteiger partial charge in [0.15, 0.2) is 0 Å². The molecule has 1 unspecified atom stereocenters. The predicted molar refractivity (Wildman–Crippen MR) is 77.5 cm³/mol. The molecule has 96 valence electrons. The molecule has 2 rings (SSSR count). The molecule has 1 atom stereocenters. The topological polar surface area (TPSA) is 20.2 Å². The molecular weight excluding hydrogens is 296 g/mol. The first-order chi connectivity index (χ1) is 8.25. The highest BCUT2D eigenvalue weighted by molar-refractivity contribution is 9.10. The van der Waals surface area contributed by atoms with Gasteiger partial charge in [0, 0.05) is 15.8 Å². The van der Waals surface area contributed by atoms with Gasteiger partial charge in [-0.3, -0.25) is 0 Å². The summed E-state index contributed by atoms with van der Waals surface area (Å²) in [6.45, 7) is 0. The average Bonchev–Trinajstić information content (AvgIpc) is 2.55. The second-order valence-corrected chi connectivity index (χ2v) is 7.00. The van der Waals surface area contributed by atoms with Gasteiger partial charge >= 0.3 is 0 Å². The highest BCUT2D eigenvalue weighted by atomic mass is 79.9. The summed E-state index contributed by atoms with van der Waals surface area (Å²) in [6.07, 6.45) is 9.80. The molecule has 3 heteroatoms. The Labute approximate surface area is 116 Å². The minimum Gasteiger partial charge on any atom is -0.393 e. The second-order valence-electron chi connectivity index (χ2n) is 5.14. The fourth-order valence-corrected chi connectivity index (χ4v) is 4.34. The summed E-state index contributed by atoms with van der Waals surface area (Å²) in [5, 5.41) is 12.3. The summed E-state index contributed by atoms with van der Waals surface area (Å²) in [6, 6.07) is 2.07. The Bertz CT molecular complexity index is 329. The van der Waals surface area contributed by atoms with Crippen molar-refractivity contribution in [3.63, 3.8) is 0 Å². The van der Waals surface area contributed by atoms with Crippen LogP contribution in [0.3, 0.4) is 0 Å². The Morgan fingerprint density at radius 3 is 2.59 bits per heavy atom. The number of thiophene rings is 1. The fourth-order valence-electron chi connectivity index (χ4n) is 2.75. The van der Waals surface area contributed by atoms with Gasteiger partial charge in [0.1, 0.15) is 0 Å². The lowest BCUT2D eigenvalue weighted by Crippen LogP contribution is -2.15. The van der Waals surface area contributed by atoms with Crippen LogP contribution in [0.2, 0.25) is 0 Å². The Kier molecular flexibility index (Phi) is 5.51. The van der Waals surface area contributed by atoms with E-state index in [2.05, 4.69) is 27.4 Å². The molecule has 0 saturated heterocycles. The van der Waals surface area contributed by atoms with E-state index in [-0.39, 0.29) is 6.10 Å². The third-order valence-corrected chi connectivity index (χ3v) is 5.64. The van der Waals surface area contributed by atoms with Gasteiger partial charge in [0.2, 0.25) is 0 Å². The minimum absolute atomic E-state index is 0.159. The molecule has 0 amide bonds. The smallest absolute Gasteiger partial charge is 0.0591 e. The molecule has 0 aromatic carbocycles. The molecule has 0 spiro atoms. The van der Waals surface area contributed by atoms with E-state index in [0.717, 1.165) is 23.2 Å². The van der Waals surface area contributed by atoms with Gasteiger partial charge in [-0.1, -0.05) is 38.5 Å². The van der Waals surface area contributed by atoms with E-state index in [1.54, 1.807) is 11.3 Å². The van der Waals surface area contributed by atoms with Crippen molar-refractivity contribution < 1.29 is 5.11 Å². The standard InChI is InChI=1S/C14H21BrOS/c15-13-7-8-17-14(13)10-12(16)9-11-5-3-1-2-4-6-11/h7-8,11-12,16H,1-6,9-10H2. The van der Waals surface area contributed by atoms with Crippen LogP contribution in [-0.2, 0) is 6.42 Å². The number of rotatable bonds is 4. The van der Waals surface area contributed by atoms with Gasteiger partial charge in [-0.05, 0) is 39.7 Å². The molecule has 0 radical (unpaired) electrons. The van der Waals surface area contributed by atoms with Crippen LogP contribution in [0.25, 0.3) is 0 Å². The molecule has 17 heavy (non-hydrogen) atoms. The molecule has 0 bridgehead atoms. The van der Waals surface area contributed by atoms with Crippen LogP contribution in [0.5, 0.6) is 0 Å². The first-order valence-corrected chi connectivity index (χ1v) is 8.33. The molecule has 1 aliphatic carbocycles. The molecule has 1 saturated carbocycles. The molecule has 1 fully saturated rings. The van der Waals surface area contributed by atoms with Crippen molar-refractivity contribution in [2.45, 2.75) is 57.5 Å². The van der Waals surface area contributed by atoms with E-state index in [1.807, 2.05) is 0 Å². The summed E-state index contributed by atoms with van der Waals surface area (Å²) in [5.41, 5.74) is 0. The summed E-state index contributed by atoms with van der Waals surface area (Å²) >= 11 is 5.27. The zero-order valence-corrected chi connectivity index (χ0v) is 12.6. The summed E-state index contributed by atoms with van der Waals surface area (Å²) in [5.74, 6) is 0.756. The van der Waals surface area contributed by atoms with Crippen LogP contribution < -0.4 is 0 Å². The first-order valence-electron chi connectivity index (χ1n) is 6.65. The van der Waals surface area contributed by atoms with Gasteiger partial charge < -0.3 is 5.11 Å². The van der Waals surface area contributed by atoms with Crippen molar-refractivity contribution in [2.24, 2.45) is 5.92 Å². The zero-order valence-electron chi connectivity index (χ0n) is 10.2. The lowest BCUT2D eigenvalue weighted by atomic mass is 9.92. The van der Waals surface area contributed by atoms with Gasteiger partial charge in [0.25, 0.3) is 0 Å². The Hall–Kier alpha value is 0.140. The molecule has 1 heterocycles. The SMILES string of the molecule is OC(Cc1sccc1Br)CC1CCCCCC1. The highest BCUT2D eigenvalue weighted by Crippen LogP contribution is 2.29. The van der Waals surface area contributed by atoms with Crippen molar-refractivity contribution in [1.29, 1.82) is 0 Å². The van der Waals surface area contributed by atoms with Gasteiger partial charge in [-0.25, -0.2) is 0 Å². The van der Waals surface area contributed by atoms with Crippen molar-refractivity contribution in [2.75, 3.05) is 0 Å². The highest BCUT2D eigenvalue weighted by Gasteiger charge is 2.17. The van der Waals surface area contributed by atoms with E-state index in [4.69, 9.17) is 0 Å². The predicted octanol–water partition coefficient (Wildman–Crippen LogP) is 4.77. The molecular formula is C14H21BrOS. The number of aliphatic hydroxyl groups excluding tert-OH is 1. The van der Waals surface area contributed by atoms with Gasteiger partial charge in [0.05, 0.1) is 6.10 Å². The lowest BCUT2D eigenvalue weighted by molar-refractivity contribution is 0.138. The Morgan fingerprint density at radius 1 is 1.29 bits per heavy atom. The van der Waals surface area contributed by atoms with Crippen LogP contribution in [0.15, 0.2) is 15.9 Å². The molecule has 1 aromatic rings. The monoisotopic (exact) mass is 316 g/mol. The van der Waals surface area contributed by atoms with Crippen LogP contribution in [-0.4, -0.2) is 11.2 Å². The minimum atomic E-state index is -0.159. The van der Waals surface area contributed by atoms with E-state index >= 15 is 0 Å². The maximum Gasteiger partial charge on any atom is 0.0591 e. The number of halogens is 1. The summed E-state index contributed by atoms with van der Waals surface area (Å²) in [4.78, 5) is 1.28. The third-order valence-electron chi connectivity index (χ3n) is 3.69.